The number of methoxy groups -OCH3 is 2. The molecule has 2 bridgehead atoms. The lowest BCUT2D eigenvalue weighted by Crippen LogP contribution is -2.51. The topological polar surface area (TPSA) is 184 Å². The smallest absolute Gasteiger partial charge is 0.407 e. The van der Waals surface area contributed by atoms with Gasteiger partial charge in [-0.1, -0.05) is 81.6 Å². The van der Waals surface area contributed by atoms with Crippen LogP contribution >= 0.6 is 0 Å². The van der Waals surface area contributed by atoms with Crippen molar-refractivity contribution in [3.05, 3.63) is 72.1 Å². The summed E-state index contributed by atoms with van der Waals surface area (Å²) in [5, 5.41) is 5.53. The average Bonchev–Trinajstić information content (AvgIpc) is 3.76. The second-order valence-corrected chi connectivity index (χ2v) is 17.5. The van der Waals surface area contributed by atoms with E-state index >= 15 is 0 Å². The van der Waals surface area contributed by atoms with Gasteiger partial charge in [-0.05, 0) is 73.0 Å². The van der Waals surface area contributed by atoms with Crippen LogP contribution < -0.4 is 10.6 Å². The summed E-state index contributed by atoms with van der Waals surface area (Å²) in [5.41, 5.74) is 6.70. The van der Waals surface area contributed by atoms with Crippen LogP contribution in [-0.2, 0) is 30.4 Å². The summed E-state index contributed by atoms with van der Waals surface area (Å²) in [7, 11) is 2.62. The van der Waals surface area contributed by atoms with Crippen molar-refractivity contribution in [1.82, 2.24) is 40.4 Å². The first-order valence-corrected chi connectivity index (χ1v) is 21.8. The number of benzene rings is 2. The van der Waals surface area contributed by atoms with Crippen molar-refractivity contribution in [2.45, 2.75) is 109 Å². The van der Waals surface area contributed by atoms with E-state index in [4.69, 9.17) is 24.2 Å². The van der Waals surface area contributed by atoms with Gasteiger partial charge in [0.2, 0.25) is 11.8 Å². The van der Waals surface area contributed by atoms with Crippen LogP contribution in [0.4, 0.5) is 9.59 Å². The van der Waals surface area contributed by atoms with Crippen molar-refractivity contribution < 1.29 is 33.4 Å². The molecule has 1 saturated carbocycles. The fourth-order valence-corrected chi connectivity index (χ4v) is 9.25. The molecule has 2 aromatic heterocycles. The van der Waals surface area contributed by atoms with E-state index in [0.717, 1.165) is 109 Å². The zero-order valence-electron chi connectivity index (χ0n) is 35.6. The summed E-state index contributed by atoms with van der Waals surface area (Å²) < 4.78 is 15.8. The molecule has 3 aliphatic heterocycles. The molecule has 3 fully saturated rings. The van der Waals surface area contributed by atoms with E-state index in [1.165, 1.54) is 14.2 Å². The Morgan fingerprint density at radius 1 is 0.836 bits per heavy atom. The Labute approximate surface area is 356 Å². The number of carbonyl (C=O) groups excluding carboxylic acids is 4. The number of fused-ring (bicyclic) bond motifs is 4. The number of rotatable bonds is 8. The first kappa shape index (κ1) is 42.0. The Bertz CT molecular complexity index is 2190. The lowest BCUT2D eigenvalue weighted by molar-refractivity contribution is -0.136. The Morgan fingerprint density at radius 3 is 2.21 bits per heavy atom. The molecular weight excluding hydrogens is 777 g/mol. The second-order valence-electron chi connectivity index (χ2n) is 17.5. The number of carbonyl (C=O) groups is 4. The zero-order valence-corrected chi connectivity index (χ0v) is 35.6. The van der Waals surface area contributed by atoms with Crippen LogP contribution in [0.1, 0.15) is 107 Å². The third-order valence-electron chi connectivity index (χ3n) is 12.9. The van der Waals surface area contributed by atoms with Crippen LogP contribution in [-0.4, -0.2) is 99.7 Å². The van der Waals surface area contributed by atoms with Gasteiger partial charge in [-0.3, -0.25) is 9.59 Å². The molecule has 4 aliphatic rings. The highest BCUT2D eigenvalue weighted by Gasteiger charge is 2.55. The lowest BCUT2D eigenvalue weighted by Gasteiger charge is -2.30. The molecule has 8 rings (SSSR count). The van der Waals surface area contributed by atoms with Crippen molar-refractivity contribution in [2.75, 3.05) is 33.9 Å². The Hall–Kier alpha value is -5.70. The van der Waals surface area contributed by atoms with Gasteiger partial charge in [-0.2, -0.15) is 0 Å². The van der Waals surface area contributed by atoms with Gasteiger partial charge in [-0.15, -0.1) is 0 Å². The minimum absolute atomic E-state index is 0.105. The quantitative estimate of drug-likeness (QED) is 0.140. The fourth-order valence-electron chi connectivity index (χ4n) is 9.25. The molecule has 4 N–H and O–H groups in total. The largest absolute Gasteiger partial charge is 0.453 e. The number of amides is 4. The molecular formula is C46H58N8O7. The van der Waals surface area contributed by atoms with E-state index < -0.39 is 24.3 Å². The number of H-pyrrole nitrogens is 2. The molecule has 15 nitrogen and oxygen atoms in total. The normalized spacial score (nSPS) is 22.0. The minimum atomic E-state index is -0.692. The molecule has 2 aromatic carbocycles. The molecule has 4 atom stereocenters. The van der Waals surface area contributed by atoms with Crippen molar-refractivity contribution in [1.29, 1.82) is 0 Å². The number of aromatic amines is 2. The third kappa shape index (κ3) is 9.17. The Balaban J connectivity index is 0.983. The molecule has 0 radical (unpaired) electrons. The van der Waals surface area contributed by atoms with Gasteiger partial charge in [-0.25, -0.2) is 19.6 Å². The fraction of sp³-hybridized carbons (Fsp3) is 0.522. The summed E-state index contributed by atoms with van der Waals surface area (Å²) >= 11 is 0. The van der Waals surface area contributed by atoms with Crippen molar-refractivity contribution in [3.8, 4) is 33.6 Å². The maximum Gasteiger partial charge on any atom is 0.407 e. The number of likely N-dealkylation sites (tertiary alicyclic amines) is 1. The van der Waals surface area contributed by atoms with E-state index in [9.17, 15) is 19.2 Å². The van der Waals surface area contributed by atoms with Crippen molar-refractivity contribution >= 4 is 24.0 Å². The number of aromatic nitrogens is 4. The predicted molar refractivity (Wildman–Crippen MR) is 228 cm³/mol. The van der Waals surface area contributed by atoms with Crippen LogP contribution in [0.2, 0.25) is 0 Å². The number of ether oxygens (including phenoxy) is 3. The molecule has 1 aliphatic carbocycles. The third-order valence-corrected chi connectivity index (χ3v) is 12.9. The van der Waals surface area contributed by atoms with Gasteiger partial charge in [0.1, 0.15) is 23.7 Å². The molecule has 0 unspecified atom stereocenters. The average molecular weight is 835 g/mol. The van der Waals surface area contributed by atoms with Crippen molar-refractivity contribution in [3.63, 3.8) is 0 Å². The maximum atomic E-state index is 13.9. The Morgan fingerprint density at radius 2 is 1.52 bits per heavy atom. The number of imidazole rings is 2. The number of hydrogen-bond donors (Lipinski definition) is 4. The van der Waals surface area contributed by atoms with Crippen LogP contribution in [0.5, 0.6) is 0 Å². The maximum absolute atomic E-state index is 13.9. The van der Waals surface area contributed by atoms with Crippen LogP contribution in [0.3, 0.4) is 0 Å². The van der Waals surface area contributed by atoms with Gasteiger partial charge >= 0.3 is 12.2 Å². The van der Waals surface area contributed by atoms with Gasteiger partial charge in [0.15, 0.2) is 0 Å². The molecule has 4 amide bonds. The predicted octanol–water partition coefficient (Wildman–Crippen LogP) is 7.44. The molecule has 1 spiro atoms. The SMILES string of the molecule is COC(=O)N[C@H]1CCCCCCOCc2[nH]c(nc2-c2ccc(-c3ccc(-c4cnc([C@@H]5CC6(CC6)CN5C(=O)[C@@H](NC(=O)OC)C(C)C)[nH]4)cc3)cc2)[C@@H]2CCCN2C1=O. The van der Waals surface area contributed by atoms with E-state index in [1.807, 2.05) is 29.8 Å². The molecule has 61 heavy (non-hydrogen) atoms. The van der Waals surface area contributed by atoms with Gasteiger partial charge in [0.05, 0.1) is 56.2 Å². The first-order valence-electron chi connectivity index (χ1n) is 21.8. The van der Waals surface area contributed by atoms with Gasteiger partial charge < -0.3 is 44.6 Å². The lowest BCUT2D eigenvalue weighted by atomic mass is 10.0. The number of alkyl carbamates (subject to hydrolysis) is 2. The molecule has 4 aromatic rings. The van der Waals surface area contributed by atoms with Gasteiger partial charge in [0, 0.05) is 25.3 Å². The summed E-state index contributed by atoms with van der Waals surface area (Å²) in [5.74, 6) is 1.15. The zero-order chi connectivity index (χ0) is 42.7. The van der Waals surface area contributed by atoms with Crippen molar-refractivity contribution in [2.24, 2.45) is 11.3 Å². The summed E-state index contributed by atoms with van der Waals surface area (Å²) in [6.45, 7) is 6.10. The van der Waals surface area contributed by atoms with E-state index in [-0.39, 0.29) is 35.2 Å². The number of hydrogen-bond acceptors (Lipinski definition) is 9. The first-order chi connectivity index (χ1) is 29.6. The number of nitrogens with one attached hydrogen (secondary N) is 4. The van der Waals surface area contributed by atoms with E-state index in [0.29, 0.717) is 32.7 Å². The van der Waals surface area contributed by atoms with Crippen LogP contribution in [0.15, 0.2) is 54.7 Å². The monoisotopic (exact) mass is 834 g/mol. The van der Waals surface area contributed by atoms with Crippen LogP contribution in [0, 0.1) is 11.3 Å². The summed E-state index contributed by atoms with van der Waals surface area (Å²) in [4.78, 5) is 72.9. The molecule has 324 valence electrons. The number of nitrogens with zero attached hydrogens (tertiary/aromatic N) is 4. The second kappa shape index (κ2) is 18.1. The van der Waals surface area contributed by atoms with Gasteiger partial charge in [0.25, 0.3) is 0 Å². The van der Waals surface area contributed by atoms with E-state index in [1.54, 1.807) is 0 Å². The molecule has 5 heterocycles. The van der Waals surface area contributed by atoms with E-state index in [2.05, 4.69) is 69.1 Å². The standard InChI is InChI=1S/C46H58N8O7/c1-28(2)38(52-45(58)60-4)43(56)54-27-46(20-21-46)24-37(54)40-47-25-34(48-40)31-16-12-29(13-17-31)30-14-18-32(19-15-30)39-35-26-61-23-8-6-5-7-10-33(50-44(57)59-3)42(55)53-22-9-11-36(53)41(49-35)51-39/h12-19,25,28,33,36-38H,5-11,20-24,26-27H2,1-4H3,(H,47,48)(H,49,51)(H,50,57)(H,52,58)/t33-,36-,37-,38-/m0/s1. The highest BCUT2D eigenvalue weighted by molar-refractivity contribution is 5.87. The summed E-state index contributed by atoms with van der Waals surface area (Å²) in [6, 6.07) is 14.9. The summed E-state index contributed by atoms with van der Waals surface area (Å²) in [6.07, 6.45) is 9.42. The van der Waals surface area contributed by atoms with Crippen LogP contribution in [0.25, 0.3) is 33.6 Å². The molecule has 15 heteroatoms. The minimum Gasteiger partial charge on any atom is -0.453 e. The Kier molecular flexibility index (Phi) is 12.5. The highest BCUT2D eigenvalue weighted by atomic mass is 16.5. The molecule has 2 saturated heterocycles. The highest BCUT2D eigenvalue weighted by Crippen LogP contribution is 2.58.